The Kier molecular flexibility index (Phi) is 8.69. The molecule has 2 aliphatic heterocycles. The average Bonchev–Trinajstić information content (AvgIpc) is 3.39. The number of likely N-dealkylation sites (N-methyl/N-ethyl adjacent to an activating group) is 1. The number of nitrogens with zero attached hydrogens (tertiary/aromatic N) is 2. The van der Waals surface area contributed by atoms with Crippen LogP contribution in [0.25, 0.3) is 21.5 Å². The van der Waals surface area contributed by atoms with Crippen molar-refractivity contribution in [3.8, 4) is 0 Å². The Bertz CT molecular complexity index is 2390. The third kappa shape index (κ3) is 5.64. The molecule has 7 rings (SSSR count). The summed E-state index contributed by atoms with van der Waals surface area (Å²) in [6, 6.07) is 18.7. The molecule has 7 nitrogen and oxygen atoms in total. The Morgan fingerprint density at radius 2 is 1.60 bits per heavy atom. The van der Waals surface area contributed by atoms with Gasteiger partial charge in [-0.3, -0.25) is 0 Å². The molecule has 0 saturated heterocycles. The second-order valence-corrected chi connectivity index (χ2v) is 16.8. The molecule has 0 aromatic heterocycles. The molecule has 4 aromatic rings. The third-order valence-electron chi connectivity index (χ3n) is 10.7. The zero-order chi connectivity index (χ0) is 35.7. The predicted molar refractivity (Wildman–Crippen MR) is 200 cm³/mol. The molecule has 1 aliphatic carbocycles. The Labute approximate surface area is 302 Å². The third-order valence-corrected chi connectivity index (χ3v) is 12.5. The summed E-state index contributed by atoms with van der Waals surface area (Å²) in [6.07, 6.45) is 11.4. The van der Waals surface area contributed by atoms with Crippen LogP contribution < -0.4 is 10.2 Å². The smallest absolute Gasteiger partial charge is 0.210 e. The summed E-state index contributed by atoms with van der Waals surface area (Å²) in [5.74, 6) is 0. The molecule has 0 unspecified atom stereocenters. The molecule has 0 saturated carbocycles. The minimum absolute atomic E-state index is 0.223. The monoisotopic (exact) mass is 725 g/mol. The lowest BCUT2D eigenvalue weighted by molar-refractivity contribution is -0.630. The summed E-state index contributed by atoms with van der Waals surface area (Å²) < 4.78 is 41.3. The lowest BCUT2D eigenvalue weighted by atomic mass is 9.78. The molecule has 10 heteroatoms. The minimum atomic E-state index is -4.55. The van der Waals surface area contributed by atoms with Crippen molar-refractivity contribution in [2.75, 3.05) is 19.0 Å². The highest BCUT2D eigenvalue weighted by Gasteiger charge is 2.44. The summed E-state index contributed by atoms with van der Waals surface area (Å²) in [4.78, 5) is 2.81. The number of anilines is 1. The lowest BCUT2D eigenvalue weighted by Crippen LogP contribution is -2.27. The van der Waals surface area contributed by atoms with Gasteiger partial charge in [-0.25, -0.2) is 8.42 Å². The average molecular weight is 726 g/mol. The van der Waals surface area contributed by atoms with Crippen LogP contribution in [0, 0.1) is 0 Å². The maximum atomic E-state index is 11.7. The molecule has 0 bridgehead atoms. The van der Waals surface area contributed by atoms with Gasteiger partial charge in [-0.2, -0.15) is 4.58 Å². The first kappa shape index (κ1) is 34.7. The Morgan fingerprint density at radius 3 is 2.34 bits per heavy atom. The van der Waals surface area contributed by atoms with E-state index in [9.17, 15) is 18.2 Å². The largest absolute Gasteiger partial charge is 0.744 e. The van der Waals surface area contributed by atoms with Gasteiger partial charge in [0.1, 0.15) is 17.2 Å². The van der Waals surface area contributed by atoms with Crippen LogP contribution >= 0.6 is 23.6 Å². The summed E-state index contributed by atoms with van der Waals surface area (Å²) in [6.45, 7) is 8.83. The van der Waals surface area contributed by atoms with E-state index in [0.29, 0.717) is 0 Å². The summed E-state index contributed by atoms with van der Waals surface area (Å²) >= 11 is 7.97. The number of fused-ring (bicyclic) bond motifs is 6. The van der Waals surface area contributed by atoms with Gasteiger partial charge in [-0.1, -0.05) is 55.8 Å². The molecule has 3 aliphatic rings. The van der Waals surface area contributed by atoms with E-state index in [0.717, 1.165) is 96.6 Å². The topological polar surface area (TPSA) is 95.7 Å². The van der Waals surface area contributed by atoms with Gasteiger partial charge in [0, 0.05) is 63.5 Å². The van der Waals surface area contributed by atoms with Gasteiger partial charge in [0.2, 0.25) is 5.69 Å². The molecule has 0 radical (unpaired) electrons. The van der Waals surface area contributed by atoms with Crippen molar-refractivity contribution in [1.29, 1.82) is 0 Å². The highest BCUT2D eigenvalue weighted by Crippen LogP contribution is 2.51. The minimum Gasteiger partial charge on any atom is -0.744 e. The van der Waals surface area contributed by atoms with Crippen LogP contribution in [0.15, 0.2) is 117 Å². The Morgan fingerprint density at radius 1 is 0.900 bits per heavy atom. The number of hydrogen-bond donors (Lipinski definition) is 0. The van der Waals surface area contributed by atoms with E-state index in [1.807, 2.05) is 31.3 Å². The highest BCUT2D eigenvalue weighted by molar-refractivity contribution is 7.94. The maximum absolute atomic E-state index is 11.7. The van der Waals surface area contributed by atoms with E-state index in [1.165, 1.54) is 23.4 Å². The number of hydrogen-bond acceptors (Lipinski definition) is 7. The first-order chi connectivity index (χ1) is 23.6. The Balaban J connectivity index is 1.20. The molecule has 0 N–H and O–H groups in total. The summed E-state index contributed by atoms with van der Waals surface area (Å²) in [5.41, 5.74) is 8.37. The zero-order valence-electron chi connectivity index (χ0n) is 28.8. The molecule has 4 aromatic carbocycles. The van der Waals surface area contributed by atoms with Gasteiger partial charge < -0.3 is 19.0 Å². The molecule has 0 atom stereocenters. The van der Waals surface area contributed by atoms with E-state index in [2.05, 4.69) is 91.1 Å². The van der Waals surface area contributed by atoms with Crippen molar-refractivity contribution < 1.29 is 27.1 Å². The predicted octanol–water partition coefficient (Wildman–Crippen LogP) is 8.67. The van der Waals surface area contributed by atoms with Gasteiger partial charge in [0.05, 0.1) is 10.3 Å². The molecular formula is C40H38ClN2O5S2-. The molecular weight excluding hydrogens is 688 g/mol. The molecule has 0 fully saturated rings. The van der Waals surface area contributed by atoms with Gasteiger partial charge in [-0.15, -0.1) is 0 Å². The van der Waals surface area contributed by atoms with Crippen molar-refractivity contribution in [2.45, 2.75) is 67.6 Å². The first-order valence-electron chi connectivity index (χ1n) is 16.5. The fourth-order valence-corrected chi connectivity index (χ4v) is 9.47. The van der Waals surface area contributed by atoms with Crippen molar-refractivity contribution in [1.82, 2.24) is 0 Å². The molecule has 2 heterocycles. The normalized spacial score (nSPS) is 20.3. The second-order valence-electron chi connectivity index (χ2n) is 14.3. The van der Waals surface area contributed by atoms with Crippen LogP contribution in [0.1, 0.15) is 58.1 Å². The SMILES string of the molecule is CN1/C(=C/C=C2\CCCC(/C=C/C3=[N+](C)c4ccc5cc(S(=O)(=O)[O-])ccc5c4C3(C)C)=C2Cl)C(C)(C)c2c1ccc1cc(SO[O-])ccc21. The highest BCUT2D eigenvalue weighted by atomic mass is 35.5. The maximum Gasteiger partial charge on any atom is 0.210 e. The van der Waals surface area contributed by atoms with Crippen molar-refractivity contribution >= 4 is 72.4 Å². The fourth-order valence-electron chi connectivity index (χ4n) is 8.27. The van der Waals surface area contributed by atoms with Crippen LogP contribution in [-0.2, 0) is 25.3 Å². The first-order valence-corrected chi connectivity index (χ1v) is 19.1. The van der Waals surface area contributed by atoms with Crippen molar-refractivity contribution in [3.63, 3.8) is 0 Å². The summed E-state index contributed by atoms with van der Waals surface area (Å²) in [5, 5.41) is 15.4. The summed E-state index contributed by atoms with van der Waals surface area (Å²) in [7, 11) is -0.397. The van der Waals surface area contributed by atoms with Crippen LogP contribution in [0.4, 0.5) is 11.4 Å². The molecule has 258 valence electrons. The van der Waals surface area contributed by atoms with Crippen molar-refractivity contribution in [2.24, 2.45) is 0 Å². The van der Waals surface area contributed by atoms with Crippen LogP contribution in [0.2, 0.25) is 0 Å². The second kappa shape index (κ2) is 12.5. The van der Waals surface area contributed by atoms with Crippen LogP contribution in [-0.4, -0.2) is 37.4 Å². The fraction of sp³-hybridized carbons (Fsp3) is 0.275. The van der Waals surface area contributed by atoms with Gasteiger partial charge in [0.15, 0.2) is 5.71 Å². The van der Waals surface area contributed by atoms with Gasteiger partial charge >= 0.3 is 0 Å². The van der Waals surface area contributed by atoms with E-state index < -0.39 is 10.1 Å². The standard InChI is InChI=1S/C40H39ClN2O5S2/c1-39(2)34(42(5)32-18-10-26-22-28(49-48-44)14-16-30(26)36(32)39)20-12-24-8-7-9-25(38(24)41)13-21-35-40(3,4)37-31-17-15-29(50(45,46)47)23-27(31)11-19-33(37)43(35)6/h10-23H,7-9H2,1-6H3,(H-,44,45,46,47)/p-1. The zero-order valence-corrected chi connectivity index (χ0v) is 31.2. The lowest BCUT2D eigenvalue weighted by Gasteiger charge is -2.25. The van der Waals surface area contributed by atoms with Crippen LogP contribution in [0.5, 0.6) is 0 Å². The number of benzene rings is 4. The van der Waals surface area contributed by atoms with Gasteiger partial charge in [-0.05, 0) is 114 Å². The number of rotatable bonds is 6. The van der Waals surface area contributed by atoms with E-state index in [1.54, 1.807) is 6.07 Å². The molecule has 50 heavy (non-hydrogen) atoms. The Hall–Kier alpha value is -3.70. The quantitative estimate of drug-likeness (QED) is 0.0646. The number of halogens is 1. The van der Waals surface area contributed by atoms with Gasteiger partial charge in [0.25, 0.3) is 0 Å². The molecule has 0 spiro atoms. The number of allylic oxidation sites excluding steroid dienone is 8. The van der Waals surface area contributed by atoms with E-state index in [-0.39, 0.29) is 15.7 Å². The van der Waals surface area contributed by atoms with Crippen molar-refractivity contribution in [3.05, 3.63) is 118 Å². The van der Waals surface area contributed by atoms with Crippen LogP contribution in [0.3, 0.4) is 0 Å². The molecule has 0 amide bonds. The van der Waals surface area contributed by atoms with E-state index in [4.69, 9.17) is 11.6 Å². The van der Waals surface area contributed by atoms with E-state index >= 15 is 0 Å².